The van der Waals surface area contributed by atoms with Crippen molar-refractivity contribution in [2.75, 3.05) is 0 Å². The number of hydrogen-bond acceptors (Lipinski definition) is 2. The molecule has 0 unspecified atom stereocenters. The fraction of sp³-hybridized carbons (Fsp3) is 0.214. The van der Waals surface area contributed by atoms with Gasteiger partial charge in [-0.3, -0.25) is 4.79 Å². The Morgan fingerprint density at radius 3 is 2.24 bits per heavy atom. The molecule has 2 atom stereocenters. The van der Waals surface area contributed by atoms with Gasteiger partial charge in [-0.2, -0.15) is 5.10 Å². The van der Waals surface area contributed by atoms with Crippen molar-refractivity contribution in [3.63, 3.8) is 0 Å². The highest BCUT2D eigenvalue weighted by Gasteiger charge is 2.43. The van der Waals surface area contributed by atoms with E-state index in [1.165, 1.54) is 5.57 Å². The first-order chi connectivity index (χ1) is 16.0. The third kappa shape index (κ3) is 4.62. The van der Waals surface area contributed by atoms with Gasteiger partial charge < -0.3 is 0 Å². The van der Waals surface area contributed by atoms with Crippen molar-refractivity contribution in [1.29, 1.82) is 0 Å². The molecule has 3 aromatic carbocycles. The van der Waals surface area contributed by atoms with Crippen LogP contribution in [0.25, 0.3) is 6.08 Å². The molecular weight excluding hydrogens is 540 g/mol. The second kappa shape index (κ2) is 9.40. The largest absolute Gasteiger partial charge is 0.274 e. The van der Waals surface area contributed by atoms with Gasteiger partial charge in [-0.25, -0.2) is 5.01 Å². The minimum atomic E-state index is -0.101. The van der Waals surface area contributed by atoms with E-state index < -0.39 is 0 Å². The molecule has 0 bridgehead atoms. The lowest BCUT2D eigenvalue weighted by atomic mass is 9.77. The Labute approximate surface area is 211 Å². The van der Waals surface area contributed by atoms with Gasteiger partial charge in [0.2, 0.25) is 0 Å². The lowest BCUT2D eigenvalue weighted by Crippen LogP contribution is -2.31. The number of nitrogens with zero attached hydrogens (tertiary/aromatic N) is 2. The number of fused-ring (bicyclic) bond motifs is 1. The fourth-order valence-corrected chi connectivity index (χ4v) is 5.28. The summed E-state index contributed by atoms with van der Waals surface area (Å²) in [5, 5.41) is 6.73. The van der Waals surface area contributed by atoms with Gasteiger partial charge in [-0.1, -0.05) is 73.8 Å². The summed E-state index contributed by atoms with van der Waals surface area (Å²) in [7, 11) is 0. The summed E-state index contributed by atoms with van der Waals surface area (Å²) in [6, 6.07) is 24.3. The number of carbonyl (C=O) groups excluding carboxylic acids is 1. The molecule has 1 fully saturated rings. The fourth-order valence-electron chi connectivity index (χ4n) is 4.75. The molecule has 0 saturated heterocycles. The molecule has 0 radical (unpaired) electrons. The number of halogens is 2. The highest BCUT2D eigenvalue weighted by molar-refractivity contribution is 9.10. The first-order valence-electron chi connectivity index (χ1n) is 11.2. The maximum atomic E-state index is 13.6. The summed E-state index contributed by atoms with van der Waals surface area (Å²) >= 11 is 7.05. The normalized spacial score (nSPS) is 21.1. The Balaban J connectivity index is 1.57. The molecule has 0 N–H and O–H groups in total. The monoisotopic (exact) mass is 562 g/mol. The van der Waals surface area contributed by atoms with E-state index in [9.17, 15) is 4.79 Å². The van der Waals surface area contributed by atoms with Crippen molar-refractivity contribution < 1.29 is 4.79 Å². The standard InChI is InChI=1S/C28H24Br2N2O/c1-18-5-9-21(10-6-18)28(33)32-27(20-11-15-24(30)16-12-20)25-4-2-3-22(26(25)31-32)17-19-7-13-23(29)14-8-19/h5-17,25,27H,2-4H2,1H3/b22-17+/t25-,27+/m0/s1. The first-order valence-corrected chi connectivity index (χ1v) is 12.8. The zero-order valence-corrected chi connectivity index (χ0v) is 21.5. The van der Waals surface area contributed by atoms with Gasteiger partial charge in [0, 0.05) is 20.4 Å². The number of benzene rings is 3. The van der Waals surface area contributed by atoms with E-state index >= 15 is 0 Å². The molecule has 5 rings (SSSR count). The van der Waals surface area contributed by atoms with E-state index in [0.717, 1.165) is 50.6 Å². The molecular formula is C28H24Br2N2O. The molecule has 1 amide bonds. The van der Waals surface area contributed by atoms with Crippen molar-refractivity contribution in [2.24, 2.45) is 11.0 Å². The third-order valence-corrected chi connectivity index (χ3v) is 7.49. The SMILES string of the molecule is Cc1ccc(C(=O)N2N=C3/C(=C/c4ccc(Br)cc4)CCC[C@@H]3[C@H]2c2ccc(Br)cc2)cc1. The van der Waals surface area contributed by atoms with Gasteiger partial charge in [-0.05, 0) is 85.4 Å². The Kier molecular flexibility index (Phi) is 6.35. The summed E-state index contributed by atoms with van der Waals surface area (Å²) in [6.07, 6.45) is 5.32. The lowest BCUT2D eigenvalue weighted by Gasteiger charge is -2.29. The van der Waals surface area contributed by atoms with Gasteiger partial charge >= 0.3 is 0 Å². The van der Waals surface area contributed by atoms with Crippen molar-refractivity contribution in [2.45, 2.75) is 32.2 Å². The van der Waals surface area contributed by atoms with Crippen LogP contribution >= 0.6 is 31.9 Å². The maximum absolute atomic E-state index is 13.6. The summed E-state index contributed by atoms with van der Waals surface area (Å²) in [4.78, 5) is 13.6. The molecule has 2 aliphatic rings. The zero-order valence-electron chi connectivity index (χ0n) is 18.3. The summed E-state index contributed by atoms with van der Waals surface area (Å²) in [5.41, 5.74) is 6.36. The molecule has 1 heterocycles. The molecule has 3 aromatic rings. The van der Waals surface area contributed by atoms with Gasteiger partial charge in [-0.15, -0.1) is 0 Å². The van der Waals surface area contributed by atoms with Crippen LogP contribution in [0.3, 0.4) is 0 Å². The lowest BCUT2D eigenvalue weighted by molar-refractivity contribution is 0.0681. The van der Waals surface area contributed by atoms with Crippen LogP contribution in [0.5, 0.6) is 0 Å². The first kappa shape index (κ1) is 22.3. The second-order valence-corrected chi connectivity index (χ2v) is 10.5. The number of allylic oxidation sites excluding steroid dienone is 1. The number of hydrogen-bond donors (Lipinski definition) is 0. The van der Waals surface area contributed by atoms with Gasteiger partial charge in [0.15, 0.2) is 0 Å². The Morgan fingerprint density at radius 2 is 1.58 bits per heavy atom. The van der Waals surface area contributed by atoms with Crippen LogP contribution < -0.4 is 0 Å². The maximum Gasteiger partial charge on any atom is 0.274 e. The molecule has 1 aliphatic carbocycles. The molecule has 166 valence electrons. The average Bonchev–Trinajstić information content (AvgIpc) is 3.22. The molecule has 1 aliphatic heterocycles. The minimum absolute atomic E-state index is 0.0483. The van der Waals surface area contributed by atoms with Crippen LogP contribution in [0.15, 0.2) is 92.4 Å². The van der Waals surface area contributed by atoms with Gasteiger partial charge in [0.05, 0.1) is 11.8 Å². The number of aryl methyl sites for hydroxylation is 1. The summed E-state index contributed by atoms with van der Waals surface area (Å²) < 4.78 is 2.09. The van der Waals surface area contributed by atoms with E-state index in [1.54, 1.807) is 5.01 Å². The third-order valence-electron chi connectivity index (χ3n) is 6.43. The predicted octanol–water partition coefficient (Wildman–Crippen LogP) is 7.96. The van der Waals surface area contributed by atoms with Crippen molar-refractivity contribution in [3.8, 4) is 0 Å². The van der Waals surface area contributed by atoms with Crippen LogP contribution in [0.2, 0.25) is 0 Å². The number of rotatable bonds is 3. The van der Waals surface area contributed by atoms with E-state index in [4.69, 9.17) is 5.10 Å². The van der Waals surface area contributed by atoms with E-state index in [2.05, 4.69) is 74.3 Å². The molecule has 0 spiro atoms. The summed E-state index contributed by atoms with van der Waals surface area (Å²) in [6.45, 7) is 2.03. The van der Waals surface area contributed by atoms with Crippen LogP contribution in [0.1, 0.15) is 52.4 Å². The van der Waals surface area contributed by atoms with Gasteiger partial charge in [0.25, 0.3) is 5.91 Å². The van der Waals surface area contributed by atoms with Gasteiger partial charge in [0.1, 0.15) is 0 Å². The molecule has 33 heavy (non-hydrogen) atoms. The molecule has 1 saturated carbocycles. The van der Waals surface area contributed by atoms with Crippen LogP contribution in [-0.2, 0) is 0 Å². The topological polar surface area (TPSA) is 32.7 Å². The predicted molar refractivity (Wildman–Crippen MR) is 141 cm³/mol. The Morgan fingerprint density at radius 1 is 0.939 bits per heavy atom. The smallest absolute Gasteiger partial charge is 0.267 e. The molecule has 5 heteroatoms. The number of hydrazone groups is 1. The van der Waals surface area contributed by atoms with E-state index in [0.29, 0.717) is 5.56 Å². The van der Waals surface area contributed by atoms with E-state index in [1.807, 2.05) is 43.3 Å². The molecule has 0 aromatic heterocycles. The van der Waals surface area contributed by atoms with Crippen molar-refractivity contribution in [1.82, 2.24) is 5.01 Å². The second-order valence-electron chi connectivity index (χ2n) is 8.72. The summed E-state index contributed by atoms with van der Waals surface area (Å²) in [5.74, 6) is 0.142. The van der Waals surface area contributed by atoms with Crippen LogP contribution in [-0.4, -0.2) is 16.6 Å². The van der Waals surface area contributed by atoms with E-state index in [-0.39, 0.29) is 17.9 Å². The van der Waals surface area contributed by atoms with Crippen LogP contribution in [0.4, 0.5) is 0 Å². The highest BCUT2D eigenvalue weighted by Crippen LogP contribution is 2.45. The van der Waals surface area contributed by atoms with Crippen molar-refractivity contribution >= 4 is 49.6 Å². The van der Waals surface area contributed by atoms with Crippen LogP contribution in [0, 0.1) is 12.8 Å². The quantitative estimate of drug-likeness (QED) is 0.318. The highest BCUT2D eigenvalue weighted by atomic mass is 79.9. The minimum Gasteiger partial charge on any atom is -0.267 e. The molecule has 3 nitrogen and oxygen atoms in total. The zero-order chi connectivity index (χ0) is 22.9. The Bertz CT molecular complexity index is 1230. The number of carbonyl (C=O) groups is 1. The van der Waals surface area contributed by atoms with Crippen molar-refractivity contribution in [3.05, 3.63) is 110 Å². The number of amides is 1. The average molecular weight is 564 g/mol. The Hall–Kier alpha value is -2.50.